The van der Waals surface area contributed by atoms with Gasteiger partial charge in [-0.1, -0.05) is 60.7 Å². The van der Waals surface area contributed by atoms with E-state index in [9.17, 15) is 18.6 Å². The first kappa shape index (κ1) is 25.5. The van der Waals surface area contributed by atoms with E-state index in [1.54, 1.807) is 24.3 Å². The van der Waals surface area contributed by atoms with Gasteiger partial charge in [-0.3, -0.25) is 0 Å². The molecule has 0 spiro atoms. The topological polar surface area (TPSA) is 74.6 Å². The van der Waals surface area contributed by atoms with Crippen LogP contribution in [0.1, 0.15) is 0 Å². The molecule has 0 saturated carbocycles. The monoisotopic (exact) mass is 522 g/mol. The lowest BCUT2D eigenvalue weighted by Crippen LogP contribution is -2.04. The Morgan fingerprint density at radius 2 is 0.971 bits per heavy atom. The normalized spacial score (nSPS) is 11.5. The summed E-state index contributed by atoms with van der Waals surface area (Å²) in [7, 11) is -3.79. The quantitative estimate of drug-likeness (QED) is 0.248. The van der Waals surface area contributed by atoms with Crippen LogP contribution in [0.3, 0.4) is 0 Å². The van der Waals surface area contributed by atoms with E-state index in [0.717, 1.165) is 32.0 Å². The minimum absolute atomic E-state index is 0.0435. The van der Waals surface area contributed by atoms with E-state index in [-0.39, 0.29) is 23.0 Å². The second kappa shape index (κ2) is 11.9. The summed E-state index contributed by atoms with van der Waals surface area (Å²) < 4.78 is 27.5. The summed E-state index contributed by atoms with van der Waals surface area (Å²) in [5.74, 6) is 1.05. The molecule has 0 heterocycles. The fourth-order valence-corrected chi connectivity index (χ4v) is 6.67. The molecule has 0 fully saturated rings. The fourth-order valence-electron chi connectivity index (χ4n) is 3.74. The summed E-state index contributed by atoms with van der Waals surface area (Å²) in [4.78, 5) is 2.29. The molecule has 180 valence electrons. The van der Waals surface area contributed by atoms with Crippen LogP contribution in [0.25, 0.3) is 22.3 Å². The molecule has 0 aromatic heterocycles. The Balaban J connectivity index is 1.80. The molecule has 4 aromatic rings. The number of sulfone groups is 1. The Morgan fingerprint density at radius 3 is 1.34 bits per heavy atom. The highest BCUT2D eigenvalue weighted by atomic mass is 32.2. The van der Waals surface area contributed by atoms with Crippen molar-refractivity contribution in [3.63, 3.8) is 0 Å². The SMILES string of the molecule is O=S(=O)(c1ccc(SCCO)c(-c2ccccc2)c1)c1ccc(SCCO)c(-c2ccccc2)c1. The van der Waals surface area contributed by atoms with Gasteiger partial charge >= 0.3 is 0 Å². The molecule has 0 radical (unpaired) electrons. The highest BCUT2D eigenvalue weighted by Crippen LogP contribution is 2.37. The minimum atomic E-state index is -3.79. The van der Waals surface area contributed by atoms with Crippen molar-refractivity contribution in [2.75, 3.05) is 24.7 Å². The van der Waals surface area contributed by atoms with E-state index in [0.29, 0.717) is 11.5 Å². The predicted molar refractivity (Wildman–Crippen MR) is 145 cm³/mol. The summed E-state index contributed by atoms with van der Waals surface area (Å²) in [5, 5.41) is 18.6. The third kappa shape index (κ3) is 6.00. The molecule has 0 aliphatic carbocycles. The first-order valence-electron chi connectivity index (χ1n) is 11.2. The Morgan fingerprint density at radius 1 is 0.571 bits per heavy atom. The Labute approximate surface area is 215 Å². The summed E-state index contributed by atoms with van der Waals surface area (Å²) in [5.41, 5.74) is 3.49. The maximum absolute atomic E-state index is 13.8. The molecule has 0 unspecified atom stereocenters. The fraction of sp³-hybridized carbons (Fsp3) is 0.143. The highest BCUT2D eigenvalue weighted by molar-refractivity contribution is 7.99. The molecule has 2 N–H and O–H groups in total. The number of benzene rings is 4. The minimum Gasteiger partial charge on any atom is -0.396 e. The van der Waals surface area contributed by atoms with Crippen LogP contribution in [0.5, 0.6) is 0 Å². The molecule has 4 nitrogen and oxygen atoms in total. The lowest BCUT2D eigenvalue weighted by atomic mass is 10.1. The van der Waals surface area contributed by atoms with Gasteiger partial charge in [0.05, 0.1) is 23.0 Å². The summed E-state index contributed by atoms with van der Waals surface area (Å²) in [6, 6.07) is 29.7. The molecule has 0 aliphatic rings. The zero-order chi connectivity index (χ0) is 24.7. The van der Waals surface area contributed by atoms with Crippen LogP contribution in [0.15, 0.2) is 117 Å². The molecule has 0 saturated heterocycles. The lowest BCUT2D eigenvalue weighted by molar-refractivity contribution is 0.322. The third-order valence-corrected chi connectivity index (χ3v) is 9.25. The van der Waals surface area contributed by atoms with Gasteiger partial charge in [0.1, 0.15) is 0 Å². The van der Waals surface area contributed by atoms with E-state index in [4.69, 9.17) is 0 Å². The van der Waals surface area contributed by atoms with E-state index in [1.165, 1.54) is 23.5 Å². The Hall–Kier alpha value is -2.55. The molecule has 0 atom stereocenters. The Bertz CT molecular complexity index is 1270. The summed E-state index contributed by atoms with van der Waals surface area (Å²) >= 11 is 3.00. The zero-order valence-electron chi connectivity index (χ0n) is 19.0. The van der Waals surface area contributed by atoms with Crippen molar-refractivity contribution >= 4 is 33.4 Å². The van der Waals surface area contributed by atoms with Crippen molar-refractivity contribution < 1.29 is 18.6 Å². The Kier molecular flexibility index (Phi) is 8.70. The van der Waals surface area contributed by atoms with Crippen LogP contribution in [0.4, 0.5) is 0 Å². The maximum Gasteiger partial charge on any atom is 0.206 e. The van der Waals surface area contributed by atoms with Gasteiger partial charge in [0.2, 0.25) is 9.84 Å². The number of rotatable bonds is 10. The standard InChI is InChI=1S/C28H26O4S3/c29-15-17-33-27-13-11-23(19-25(27)21-7-3-1-4-8-21)35(31,32)24-12-14-28(34-18-16-30)26(20-24)22-9-5-2-6-10-22/h1-14,19-20,29-30H,15-18H2. The first-order valence-corrected chi connectivity index (χ1v) is 14.6. The van der Waals surface area contributed by atoms with Crippen molar-refractivity contribution in [1.82, 2.24) is 0 Å². The number of hydrogen-bond acceptors (Lipinski definition) is 6. The maximum atomic E-state index is 13.8. The number of aliphatic hydroxyl groups excluding tert-OH is 2. The van der Waals surface area contributed by atoms with Crippen LogP contribution in [-0.2, 0) is 9.84 Å². The van der Waals surface area contributed by atoms with Gasteiger partial charge in [0.15, 0.2) is 0 Å². The van der Waals surface area contributed by atoms with Gasteiger partial charge in [0.25, 0.3) is 0 Å². The van der Waals surface area contributed by atoms with E-state index >= 15 is 0 Å². The average Bonchev–Trinajstić information content (AvgIpc) is 2.91. The van der Waals surface area contributed by atoms with Crippen molar-refractivity contribution in [3.8, 4) is 22.3 Å². The van der Waals surface area contributed by atoms with Gasteiger partial charge in [-0.15, -0.1) is 23.5 Å². The van der Waals surface area contributed by atoms with Gasteiger partial charge in [0, 0.05) is 21.3 Å². The molecule has 4 aromatic carbocycles. The predicted octanol–water partition coefficient (Wildman–Crippen LogP) is 6.02. The summed E-state index contributed by atoms with van der Waals surface area (Å²) in [6.45, 7) is 0.0870. The van der Waals surface area contributed by atoms with Crippen molar-refractivity contribution in [3.05, 3.63) is 97.1 Å². The van der Waals surface area contributed by atoms with E-state index in [1.807, 2.05) is 72.8 Å². The van der Waals surface area contributed by atoms with Gasteiger partial charge in [-0.05, 0) is 58.7 Å². The lowest BCUT2D eigenvalue weighted by Gasteiger charge is -2.14. The van der Waals surface area contributed by atoms with Crippen LogP contribution >= 0.6 is 23.5 Å². The van der Waals surface area contributed by atoms with Gasteiger partial charge in [-0.25, -0.2) is 8.42 Å². The molecule has 0 aliphatic heterocycles. The summed E-state index contributed by atoms with van der Waals surface area (Å²) in [6.07, 6.45) is 0. The second-order valence-electron chi connectivity index (χ2n) is 7.70. The van der Waals surface area contributed by atoms with E-state index in [2.05, 4.69) is 0 Å². The highest BCUT2D eigenvalue weighted by Gasteiger charge is 2.22. The van der Waals surface area contributed by atoms with Gasteiger partial charge < -0.3 is 10.2 Å². The zero-order valence-corrected chi connectivity index (χ0v) is 21.5. The molecular formula is C28H26O4S3. The van der Waals surface area contributed by atoms with Crippen molar-refractivity contribution in [2.45, 2.75) is 19.6 Å². The number of hydrogen-bond donors (Lipinski definition) is 2. The largest absolute Gasteiger partial charge is 0.396 e. The van der Waals surface area contributed by atoms with Gasteiger partial charge in [-0.2, -0.15) is 0 Å². The van der Waals surface area contributed by atoms with Crippen LogP contribution in [0.2, 0.25) is 0 Å². The molecule has 4 rings (SSSR count). The van der Waals surface area contributed by atoms with Crippen LogP contribution < -0.4 is 0 Å². The van der Waals surface area contributed by atoms with Crippen LogP contribution in [-0.4, -0.2) is 43.4 Å². The molecular weight excluding hydrogens is 497 g/mol. The number of aliphatic hydroxyl groups is 2. The first-order chi connectivity index (χ1) is 17.0. The van der Waals surface area contributed by atoms with E-state index < -0.39 is 9.84 Å². The molecule has 7 heteroatoms. The third-order valence-electron chi connectivity index (χ3n) is 5.39. The molecule has 0 amide bonds. The molecule has 35 heavy (non-hydrogen) atoms. The van der Waals surface area contributed by atoms with Crippen LogP contribution in [0, 0.1) is 0 Å². The van der Waals surface area contributed by atoms with Crippen molar-refractivity contribution in [2.24, 2.45) is 0 Å². The van der Waals surface area contributed by atoms with Crippen molar-refractivity contribution in [1.29, 1.82) is 0 Å². The number of thioether (sulfide) groups is 2. The molecule has 0 bridgehead atoms. The second-order valence-corrected chi connectivity index (χ2v) is 11.9. The smallest absolute Gasteiger partial charge is 0.206 e. The average molecular weight is 523 g/mol.